The Morgan fingerprint density at radius 3 is 2.47 bits per heavy atom. The third-order valence-corrected chi connectivity index (χ3v) is 3.18. The summed E-state index contributed by atoms with van der Waals surface area (Å²) in [6.45, 7) is 7.84. The summed E-state index contributed by atoms with van der Waals surface area (Å²) in [6.07, 6.45) is 0. The van der Waals surface area contributed by atoms with Crippen molar-refractivity contribution in [1.29, 1.82) is 5.41 Å². The van der Waals surface area contributed by atoms with Gasteiger partial charge in [-0.1, -0.05) is 13.8 Å². The van der Waals surface area contributed by atoms with Gasteiger partial charge in [0.15, 0.2) is 0 Å². The molecule has 110 valence electrons. The minimum absolute atomic E-state index is 0. The fourth-order valence-electron chi connectivity index (χ4n) is 2.13. The van der Waals surface area contributed by atoms with Crippen molar-refractivity contribution in [2.75, 3.05) is 13.7 Å². The van der Waals surface area contributed by atoms with Gasteiger partial charge >= 0.3 is 5.97 Å². The minimum Gasteiger partial charge on any atom is -0.463 e. The van der Waals surface area contributed by atoms with Crippen molar-refractivity contribution < 1.29 is 9.53 Å². The number of allylic oxidation sites excluding steroid dienone is 1. The van der Waals surface area contributed by atoms with Crippen molar-refractivity contribution >= 4 is 11.9 Å². The topological polar surface area (TPSA) is 118 Å². The highest BCUT2D eigenvalue weighted by Crippen LogP contribution is 2.28. The Hall–Kier alpha value is -1.60. The van der Waals surface area contributed by atoms with Crippen LogP contribution >= 0.6 is 0 Å². The van der Waals surface area contributed by atoms with E-state index in [0.29, 0.717) is 12.2 Å². The highest BCUT2D eigenvalue weighted by molar-refractivity contribution is 5.94. The molecular weight excluding hydrogens is 246 g/mol. The molecule has 7 heteroatoms. The molecule has 6 N–H and O–H groups in total. The summed E-state index contributed by atoms with van der Waals surface area (Å²) in [4.78, 5) is 13.7. The first-order valence-electron chi connectivity index (χ1n) is 6.07. The number of nitrogens with one attached hydrogen (secondary N) is 1. The van der Waals surface area contributed by atoms with Crippen molar-refractivity contribution in [2.24, 2.45) is 11.8 Å². The summed E-state index contributed by atoms with van der Waals surface area (Å²) < 4.78 is 5.09. The Morgan fingerprint density at radius 2 is 2.05 bits per heavy atom. The Kier molecular flexibility index (Phi) is 5.98. The maximum Gasteiger partial charge on any atom is 0.337 e. The van der Waals surface area contributed by atoms with E-state index in [9.17, 15) is 4.79 Å². The molecule has 0 saturated heterocycles. The number of rotatable bonds is 3. The molecule has 1 aliphatic heterocycles. The Morgan fingerprint density at radius 1 is 1.53 bits per heavy atom. The lowest BCUT2D eigenvalue weighted by Gasteiger charge is -2.42. The monoisotopic (exact) mass is 271 g/mol. The van der Waals surface area contributed by atoms with E-state index < -0.39 is 0 Å². The molecule has 0 radical (unpaired) electrons. The van der Waals surface area contributed by atoms with Gasteiger partial charge in [-0.15, -0.1) is 0 Å². The van der Waals surface area contributed by atoms with Crippen molar-refractivity contribution in [3.05, 3.63) is 11.3 Å². The van der Waals surface area contributed by atoms with Gasteiger partial charge in [0.25, 0.3) is 0 Å². The van der Waals surface area contributed by atoms with E-state index in [1.165, 1.54) is 5.01 Å². The third-order valence-electron chi connectivity index (χ3n) is 3.18. The molecule has 0 bridgehead atoms. The van der Waals surface area contributed by atoms with Crippen molar-refractivity contribution in [3.63, 3.8) is 0 Å². The van der Waals surface area contributed by atoms with E-state index in [4.69, 9.17) is 16.0 Å². The third kappa shape index (κ3) is 3.05. The molecule has 19 heavy (non-hydrogen) atoms. The molecule has 7 nitrogen and oxygen atoms in total. The number of carbonyl (C=O) groups excluding carboxylic acids is 1. The van der Waals surface area contributed by atoms with Crippen LogP contribution in [0.4, 0.5) is 0 Å². The normalized spacial score (nSPS) is 19.7. The zero-order valence-corrected chi connectivity index (χ0v) is 12.4. The van der Waals surface area contributed by atoms with Crippen LogP contribution in [0, 0.1) is 11.3 Å². The van der Waals surface area contributed by atoms with Crippen molar-refractivity contribution in [2.45, 2.75) is 33.7 Å². The number of hydrogen-bond donors (Lipinski definition) is 3. The molecule has 1 heterocycles. The Bertz CT molecular complexity index is 392. The Labute approximate surface area is 114 Å². The average Bonchev–Trinajstić information content (AvgIpc) is 2.30. The molecule has 0 aromatic carbocycles. The molecule has 1 aliphatic rings. The summed E-state index contributed by atoms with van der Waals surface area (Å²) in [6, 6.07) is -0.326. The summed E-state index contributed by atoms with van der Waals surface area (Å²) in [5.74, 6) is 5.86. The average molecular weight is 271 g/mol. The predicted molar refractivity (Wildman–Crippen MR) is 74.5 cm³/mol. The fraction of sp³-hybridized carbons (Fsp3) is 0.667. The van der Waals surface area contributed by atoms with E-state index in [1.807, 2.05) is 20.8 Å². The summed E-state index contributed by atoms with van der Waals surface area (Å²) in [7, 11) is 1.72. The van der Waals surface area contributed by atoms with Crippen LogP contribution in [0.1, 0.15) is 27.7 Å². The number of hydrogen-bond acceptors (Lipinski definition) is 5. The first kappa shape index (κ1) is 17.4. The summed E-state index contributed by atoms with van der Waals surface area (Å²) in [5, 5.41) is 9.25. The maximum absolute atomic E-state index is 12.1. The van der Waals surface area contributed by atoms with Crippen LogP contribution < -0.4 is 12.0 Å². The van der Waals surface area contributed by atoms with Gasteiger partial charge in [0, 0.05) is 12.7 Å². The molecular formula is C12H25N5O2. The number of nitrogens with two attached hydrogens (primary N) is 1. The van der Waals surface area contributed by atoms with E-state index in [1.54, 1.807) is 18.9 Å². The van der Waals surface area contributed by atoms with Crippen LogP contribution in [0.15, 0.2) is 11.3 Å². The Balaban J connectivity index is 0.00000324. The van der Waals surface area contributed by atoms with Gasteiger partial charge in [0.05, 0.1) is 18.2 Å². The summed E-state index contributed by atoms with van der Waals surface area (Å²) >= 11 is 0. The van der Waals surface area contributed by atoms with Crippen molar-refractivity contribution in [3.8, 4) is 0 Å². The largest absolute Gasteiger partial charge is 0.463 e. The molecule has 0 fully saturated rings. The molecule has 0 amide bonds. The number of ether oxygens (including phenoxy) is 1. The van der Waals surface area contributed by atoms with Gasteiger partial charge in [0.2, 0.25) is 5.96 Å². The first-order chi connectivity index (χ1) is 8.32. The highest BCUT2D eigenvalue weighted by Gasteiger charge is 2.38. The van der Waals surface area contributed by atoms with Gasteiger partial charge in [-0.25, -0.2) is 10.6 Å². The van der Waals surface area contributed by atoms with Gasteiger partial charge in [-0.3, -0.25) is 10.4 Å². The molecule has 0 aromatic heterocycles. The van der Waals surface area contributed by atoms with Gasteiger partial charge in [0.1, 0.15) is 0 Å². The van der Waals surface area contributed by atoms with Crippen molar-refractivity contribution in [1.82, 2.24) is 16.1 Å². The van der Waals surface area contributed by atoms with Crippen LogP contribution in [0.2, 0.25) is 0 Å². The minimum atomic E-state index is -0.358. The van der Waals surface area contributed by atoms with Crippen LogP contribution in [0.5, 0.6) is 0 Å². The van der Waals surface area contributed by atoms with E-state index in [2.05, 4.69) is 0 Å². The van der Waals surface area contributed by atoms with Gasteiger partial charge in [-0.2, -0.15) is 0 Å². The maximum atomic E-state index is 12.1. The van der Waals surface area contributed by atoms with Gasteiger partial charge < -0.3 is 15.8 Å². The van der Waals surface area contributed by atoms with Crippen LogP contribution in [0.3, 0.4) is 0 Å². The molecule has 0 saturated carbocycles. The van der Waals surface area contributed by atoms with E-state index in [-0.39, 0.29) is 30.0 Å². The lowest BCUT2D eigenvalue weighted by molar-refractivity contribution is -0.139. The SMILES string of the molecule is CCOC(=O)C1=C(C)N(C)C(=N)N(N)C1C(C)C.N. The predicted octanol–water partition coefficient (Wildman–Crippen LogP) is 1.07. The zero-order chi connectivity index (χ0) is 14.0. The number of esters is 1. The fourth-order valence-corrected chi connectivity index (χ4v) is 2.13. The molecule has 1 unspecified atom stereocenters. The molecule has 1 atom stereocenters. The lowest BCUT2D eigenvalue weighted by atomic mass is 9.92. The molecule has 1 rings (SSSR count). The number of guanidine groups is 1. The molecule has 0 aliphatic carbocycles. The lowest BCUT2D eigenvalue weighted by Crippen LogP contribution is -2.58. The second-order valence-electron chi connectivity index (χ2n) is 4.70. The smallest absolute Gasteiger partial charge is 0.337 e. The first-order valence-corrected chi connectivity index (χ1v) is 6.07. The number of hydrazine groups is 1. The molecule has 0 aromatic rings. The quantitative estimate of drug-likeness (QED) is 0.522. The van der Waals surface area contributed by atoms with Crippen LogP contribution in [-0.2, 0) is 9.53 Å². The van der Waals surface area contributed by atoms with E-state index in [0.717, 1.165) is 5.70 Å². The molecule has 0 spiro atoms. The highest BCUT2D eigenvalue weighted by atomic mass is 16.5. The van der Waals surface area contributed by atoms with E-state index >= 15 is 0 Å². The number of carbonyl (C=O) groups is 1. The second kappa shape index (κ2) is 6.53. The van der Waals surface area contributed by atoms with Crippen LogP contribution in [0.25, 0.3) is 0 Å². The summed E-state index contributed by atoms with van der Waals surface area (Å²) in [5.41, 5.74) is 1.26. The van der Waals surface area contributed by atoms with Gasteiger partial charge in [-0.05, 0) is 19.8 Å². The standard InChI is InChI=1S/C12H22N4O2.H3N/c1-6-18-11(17)9-8(4)15(5)12(13)16(14)10(9)7(2)3;/h7,10,13H,6,14H2,1-5H3;1H3. The second-order valence-corrected chi connectivity index (χ2v) is 4.70. The van der Waals surface area contributed by atoms with Crippen LogP contribution in [-0.4, -0.2) is 41.5 Å². The zero-order valence-electron chi connectivity index (χ0n) is 12.4. The number of nitrogens with zero attached hydrogens (tertiary/aromatic N) is 2.